The molecule has 5 heteroatoms. The summed E-state index contributed by atoms with van der Waals surface area (Å²) in [6.45, 7) is 2.09. The van der Waals surface area contributed by atoms with Gasteiger partial charge < -0.3 is 10.3 Å². The third kappa shape index (κ3) is 1.84. The number of para-hydroxylation sites is 2. The monoisotopic (exact) mass is 241 g/mol. The summed E-state index contributed by atoms with van der Waals surface area (Å²) in [5.74, 6) is 0.749. The van der Waals surface area contributed by atoms with E-state index in [0.29, 0.717) is 0 Å². The first-order chi connectivity index (χ1) is 8.76. The predicted molar refractivity (Wildman–Crippen MR) is 72.0 cm³/mol. The van der Waals surface area contributed by atoms with Gasteiger partial charge in [-0.25, -0.2) is 4.98 Å². The van der Waals surface area contributed by atoms with Gasteiger partial charge in [-0.2, -0.15) is 5.10 Å². The van der Waals surface area contributed by atoms with Crippen molar-refractivity contribution in [1.29, 1.82) is 0 Å². The third-order valence-electron chi connectivity index (χ3n) is 2.88. The van der Waals surface area contributed by atoms with Gasteiger partial charge in [-0.05, 0) is 18.6 Å². The number of anilines is 2. The standard InChI is InChI=1S/C13H15N5/c1-3-9-12(8-18(2)17-9)16-13-14-10-6-4-5-7-11(10)15-13/h4-8H,3H2,1-2H3,(H2,14,15,16). The quantitative estimate of drug-likeness (QED) is 0.741. The number of fused-ring (bicyclic) bond motifs is 1. The maximum absolute atomic E-state index is 4.49. The minimum Gasteiger partial charge on any atom is -0.324 e. The summed E-state index contributed by atoms with van der Waals surface area (Å²) in [5.41, 5.74) is 4.03. The molecule has 0 aliphatic rings. The van der Waals surface area contributed by atoms with Gasteiger partial charge in [-0.1, -0.05) is 19.1 Å². The molecule has 0 fully saturated rings. The van der Waals surface area contributed by atoms with Gasteiger partial charge in [0.15, 0.2) is 0 Å². The lowest BCUT2D eigenvalue weighted by Gasteiger charge is -2.00. The number of aromatic nitrogens is 4. The molecule has 0 spiro atoms. The Morgan fingerprint density at radius 2 is 2.17 bits per heavy atom. The molecule has 0 atom stereocenters. The molecule has 0 unspecified atom stereocenters. The number of aryl methyl sites for hydroxylation is 2. The van der Waals surface area contributed by atoms with Gasteiger partial charge in [-0.3, -0.25) is 4.68 Å². The van der Waals surface area contributed by atoms with E-state index in [4.69, 9.17) is 0 Å². The number of hydrogen-bond acceptors (Lipinski definition) is 3. The average molecular weight is 241 g/mol. The highest BCUT2D eigenvalue weighted by atomic mass is 15.3. The second-order valence-corrected chi connectivity index (χ2v) is 4.24. The van der Waals surface area contributed by atoms with Crippen LogP contribution in [0.1, 0.15) is 12.6 Å². The van der Waals surface area contributed by atoms with E-state index in [2.05, 4.69) is 27.3 Å². The third-order valence-corrected chi connectivity index (χ3v) is 2.88. The molecule has 0 saturated heterocycles. The lowest BCUT2D eigenvalue weighted by Crippen LogP contribution is -1.94. The Labute approximate surface area is 105 Å². The number of nitrogens with zero attached hydrogens (tertiary/aromatic N) is 3. The Hall–Kier alpha value is -2.30. The normalized spacial score (nSPS) is 11.0. The van der Waals surface area contributed by atoms with Gasteiger partial charge in [-0.15, -0.1) is 0 Å². The molecule has 2 aromatic heterocycles. The van der Waals surface area contributed by atoms with Gasteiger partial charge in [0.2, 0.25) is 5.95 Å². The van der Waals surface area contributed by atoms with Crippen LogP contribution in [0.25, 0.3) is 11.0 Å². The molecule has 0 aliphatic heterocycles. The summed E-state index contributed by atoms with van der Waals surface area (Å²) in [6, 6.07) is 7.97. The second kappa shape index (κ2) is 4.18. The predicted octanol–water partition coefficient (Wildman–Crippen LogP) is 2.60. The largest absolute Gasteiger partial charge is 0.324 e. The number of H-pyrrole nitrogens is 1. The Kier molecular flexibility index (Phi) is 2.51. The Balaban J connectivity index is 1.95. The number of rotatable bonds is 3. The second-order valence-electron chi connectivity index (χ2n) is 4.24. The molecule has 18 heavy (non-hydrogen) atoms. The van der Waals surface area contributed by atoms with Crippen LogP contribution in [0.3, 0.4) is 0 Å². The maximum Gasteiger partial charge on any atom is 0.205 e. The minimum atomic E-state index is 0.749. The van der Waals surface area contributed by atoms with Crippen molar-refractivity contribution in [2.75, 3.05) is 5.32 Å². The number of hydrogen-bond donors (Lipinski definition) is 2. The van der Waals surface area contributed by atoms with E-state index in [1.807, 2.05) is 42.2 Å². The van der Waals surface area contributed by atoms with Crippen molar-refractivity contribution in [3.63, 3.8) is 0 Å². The lowest BCUT2D eigenvalue weighted by molar-refractivity contribution is 0.746. The fraction of sp³-hybridized carbons (Fsp3) is 0.231. The van der Waals surface area contributed by atoms with E-state index in [9.17, 15) is 0 Å². The molecule has 1 aromatic carbocycles. The summed E-state index contributed by atoms with van der Waals surface area (Å²) in [4.78, 5) is 7.73. The smallest absolute Gasteiger partial charge is 0.205 e. The summed E-state index contributed by atoms with van der Waals surface area (Å²) >= 11 is 0. The van der Waals surface area contributed by atoms with Crippen LogP contribution in [0.2, 0.25) is 0 Å². The van der Waals surface area contributed by atoms with E-state index in [-0.39, 0.29) is 0 Å². The fourth-order valence-corrected chi connectivity index (χ4v) is 2.04. The van der Waals surface area contributed by atoms with Crippen LogP contribution in [0.15, 0.2) is 30.5 Å². The van der Waals surface area contributed by atoms with Crippen LogP contribution in [-0.4, -0.2) is 19.7 Å². The van der Waals surface area contributed by atoms with Crippen molar-refractivity contribution >= 4 is 22.7 Å². The topological polar surface area (TPSA) is 58.5 Å². The Morgan fingerprint density at radius 3 is 2.94 bits per heavy atom. The first-order valence-electron chi connectivity index (χ1n) is 6.00. The van der Waals surface area contributed by atoms with Crippen molar-refractivity contribution in [2.24, 2.45) is 7.05 Å². The highest BCUT2D eigenvalue weighted by Crippen LogP contribution is 2.20. The van der Waals surface area contributed by atoms with Gasteiger partial charge in [0.25, 0.3) is 0 Å². The van der Waals surface area contributed by atoms with Crippen LogP contribution in [0.5, 0.6) is 0 Å². The lowest BCUT2D eigenvalue weighted by atomic mass is 10.3. The molecule has 0 aliphatic carbocycles. The molecular formula is C13H15N5. The number of imidazole rings is 1. The highest BCUT2D eigenvalue weighted by Gasteiger charge is 2.08. The number of nitrogens with one attached hydrogen (secondary N) is 2. The molecule has 92 valence electrons. The zero-order chi connectivity index (χ0) is 12.5. The molecular weight excluding hydrogens is 226 g/mol. The van der Waals surface area contributed by atoms with E-state index >= 15 is 0 Å². The molecule has 3 aromatic rings. The molecule has 3 rings (SSSR count). The van der Waals surface area contributed by atoms with E-state index in [1.54, 1.807) is 0 Å². The van der Waals surface area contributed by atoms with E-state index < -0.39 is 0 Å². The van der Waals surface area contributed by atoms with Gasteiger partial charge in [0.05, 0.1) is 22.4 Å². The summed E-state index contributed by atoms with van der Waals surface area (Å²) < 4.78 is 1.81. The van der Waals surface area contributed by atoms with Crippen LogP contribution >= 0.6 is 0 Å². The van der Waals surface area contributed by atoms with Crippen molar-refractivity contribution in [3.8, 4) is 0 Å². The molecule has 0 radical (unpaired) electrons. The summed E-state index contributed by atoms with van der Waals surface area (Å²) in [6.07, 6.45) is 2.86. The zero-order valence-corrected chi connectivity index (χ0v) is 10.4. The summed E-state index contributed by atoms with van der Waals surface area (Å²) in [5, 5.41) is 7.68. The van der Waals surface area contributed by atoms with Crippen molar-refractivity contribution in [1.82, 2.24) is 19.7 Å². The average Bonchev–Trinajstić information content (AvgIpc) is 2.92. The van der Waals surface area contributed by atoms with Gasteiger partial charge >= 0.3 is 0 Å². The number of benzene rings is 1. The summed E-state index contributed by atoms with van der Waals surface area (Å²) in [7, 11) is 1.92. The first kappa shape index (κ1) is 10.8. The minimum absolute atomic E-state index is 0.749. The molecule has 2 N–H and O–H groups in total. The van der Waals surface area contributed by atoms with Crippen molar-refractivity contribution < 1.29 is 0 Å². The Morgan fingerprint density at radius 1 is 1.33 bits per heavy atom. The first-order valence-corrected chi connectivity index (χ1v) is 6.00. The molecule has 0 bridgehead atoms. The van der Waals surface area contributed by atoms with Gasteiger partial charge in [0.1, 0.15) is 0 Å². The molecule has 0 amide bonds. The van der Waals surface area contributed by atoms with Crippen LogP contribution in [0.4, 0.5) is 11.6 Å². The maximum atomic E-state index is 4.49. The molecule has 5 nitrogen and oxygen atoms in total. The van der Waals surface area contributed by atoms with Crippen LogP contribution < -0.4 is 5.32 Å². The number of aromatic amines is 1. The van der Waals surface area contributed by atoms with Crippen molar-refractivity contribution in [2.45, 2.75) is 13.3 Å². The molecule has 0 saturated carbocycles. The van der Waals surface area contributed by atoms with E-state index in [0.717, 1.165) is 34.8 Å². The van der Waals surface area contributed by atoms with Crippen LogP contribution in [0, 0.1) is 0 Å². The Bertz CT molecular complexity index is 647. The molecule has 2 heterocycles. The van der Waals surface area contributed by atoms with Crippen LogP contribution in [-0.2, 0) is 13.5 Å². The zero-order valence-electron chi connectivity index (χ0n) is 10.4. The fourth-order valence-electron chi connectivity index (χ4n) is 2.04. The highest BCUT2D eigenvalue weighted by molar-refractivity contribution is 5.78. The van der Waals surface area contributed by atoms with E-state index in [1.165, 1.54) is 0 Å². The van der Waals surface area contributed by atoms with Crippen molar-refractivity contribution in [3.05, 3.63) is 36.2 Å². The van der Waals surface area contributed by atoms with Gasteiger partial charge in [0, 0.05) is 13.2 Å². The SMILES string of the molecule is CCc1nn(C)cc1Nc1nc2ccccc2[nH]1.